The van der Waals surface area contributed by atoms with Gasteiger partial charge in [-0.25, -0.2) is 4.39 Å². The SMILES string of the molecule is Cc1ccc(F)c(OCC2CNC(C(=O)O)C2)c1. The number of benzene rings is 1. The first-order valence-electron chi connectivity index (χ1n) is 5.91. The predicted molar refractivity (Wildman–Crippen MR) is 64.2 cm³/mol. The minimum atomic E-state index is -0.848. The molecule has 1 aromatic rings. The molecular formula is C13H16FNO3. The largest absolute Gasteiger partial charge is 0.490 e. The average molecular weight is 253 g/mol. The first-order chi connectivity index (χ1) is 8.56. The molecule has 4 nitrogen and oxygen atoms in total. The number of carboxylic acid groups (broad SMARTS) is 1. The summed E-state index contributed by atoms with van der Waals surface area (Å²) in [4.78, 5) is 10.8. The van der Waals surface area contributed by atoms with Gasteiger partial charge in [0, 0.05) is 12.5 Å². The molecule has 0 aromatic heterocycles. The van der Waals surface area contributed by atoms with Crippen LogP contribution in [-0.2, 0) is 4.79 Å². The lowest BCUT2D eigenvalue weighted by Gasteiger charge is -2.12. The molecule has 1 fully saturated rings. The number of nitrogens with one attached hydrogen (secondary N) is 1. The molecule has 1 saturated heterocycles. The summed E-state index contributed by atoms with van der Waals surface area (Å²) < 4.78 is 18.8. The molecule has 0 radical (unpaired) electrons. The molecule has 0 spiro atoms. The van der Waals surface area contributed by atoms with Crippen molar-refractivity contribution in [2.45, 2.75) is 19.4 Å². The van der Waals surface area contributed by atoms with Crippen molar-refractivity contribution in [3.8, 4) is 5.75 Å². The molecule has 2 unspecified atom stereocenters. The van der Waals surface area contributed by atoms with E-state index in [4.69, 9.17) is 9.84 Å². The van der Waals surface area contributed by atoms with E-state index in [0.717, 1.165) is 5.56 Å². The van der Waals surface area contributed by atoms with Crippen LogP contribution < -0.4 is 10.1 Å². The molecule has 1 heterocycles. The molecule has 1 aliphatic heterocycles. The molecule has 1 aliphatic rings. The molecule has 18 heavy (non-hydrogen) atoms. The Kier molecular flexibility index (Phi) is 3.81. The van der Waals surface area contributed by atoms with Gasteiger partial charge in [0.25, 0.3) is 0 Å². The van der Waals surface area contributed by atoms with Crippen LogP contribution in [0.25, 0.3) is 0 Å². The van der Waals surface area contributed by atoms with Crippen LogP contribution in [0.15, 0.2) is 18.2 Å². The molecule has 0 bridgehead atoms. The summed E-state index contributed by atoms with van der Waals surface area (Å²) in [6.45, 7) is 2.78. The van der Waals surface area contributed by atoms with Crippen molar-refractivity contribution in [2.75, 3.05) is 13.2 Å². The van der Waals surface area contributed by atoms with Crippen LogP contribution in [0.4, 0.5) is 4.39 Å². The molecule has 0 saturated carbocycles. The molecule has 2 rings (SSSR count). The van der Waals surface area contributed by atoms with E-state index in [1.54, 1.807) is 12.1 Å². The van der Waals surface area contributed by atoms with Crippen molar-refractivity contribution in [3.63, 3.8) is 0 Å². The first kappa shape index (κ1) is 12.8. The van der Waals surface area contributed by atoms with Gasteiger partial charge < -0.3 is 15.2 Å². The van der Waals surface area contributed by atoms with E-state index >= 15 is 0 Å². The Morgan fingerprint density at radius 3 is 3.06 bits per heavy atom. The maximum absolute atomic E-state index is 13.4. The number of hydrogen-bond donors (Lipinski definition) is 2. The zero-order valence-electron chi connectivity index (χ0n) is 10.1. The fourth-order valence-electron chi connectivity index (χ4n) is 2.05. The smallest absolute Gasteiger partial charge is 0.320 e. The lowest BCUT2D eigenvalue weighted by molar-refractivity contribution is -0.139. The van der Waals surface area contributed by atoms with Crippen LogP contribution >= 0.6 is 0 Å². The van der Waals surface area contributed by atoms with E-state index in [0.29, 0.717) is 19.6 Å². The summed E-state index contributed by atoms with van der Waals surface area (Å²) in [5.41, 5.74) is 0.930. The van der Waals surface area contributed by atoms with Crippen LogP contribution in [0, 0.1) is 18.7 Å². The van der Waals surface area contributed by atoms with Crippen molar-refractivity contribution < 1.29 is 19.0 Å². The number of aliphatic carboxylic acids is 1. The van der Waals surface area contributed by atoms with Gasteiger partial charge in [-0.1, -0.05) is 6.07 Å². The monoisotopic (exact) mass is 253 g/mol. The van der Waals surface area contributed by atoms with Gasteiger partial charge in [-0.3, -0.25) is 4.79 Å². The van der Waals surface area contributed by atoms with Gasteiger partial charge in [0.2, 0.25) is 0 Å². The Hall–Kier alpha value is -1.62. The minimum absolute atomic E-state index is 0.103. The van der Waals surface area contributed by atoms with Gasteiger partial charge in [-0.15, -0.1) is 0 Å². The summed E-state index contributed by atoms with van der Waals surface area (Å²) in [7, 11) is 0. The van der Waals surface area contributed by atoms with Crippen molar-refractivity contribution in [3.05, 3.63) is 29.6 Å². The highest BCUT2D eigenvalue weighted by Gasteiger charge is 2.29. The van der Waals surface area contributed by atoms with Gasteiger partial charge in [0.15, 0.2) is 11.6 Å². The predicted octanol–water partition coefficient (Wildman–Crippen LogP) is 1.58. The van der Waals surface area contributed by atoms with Crippen LogP contribution in [0.1, 0.15) is 12.0 Å². The fraction of sp³-hybridized carbons (Fsp3) is 0.462. The highest BCUT2D eigenvalue weighted by molar-refractivity contribution is 5.73. The maximum Gasteiger partial charge on any atom is 0.320 e. The standard InChI is InChI=1S/C13H16FNO3/c1-8-2-3-10(14)12(4-8)18-7-9-5-11(13(16)17)15-6-9/h2-4,9,11,15H,5-7H2,1H3,(H,16,17). The quantitative estimate of drug-likeness (QED) is 0.855. The summed E-state index contributed by atoms with van der Waals surface area (Å²) in [6.07, 6.45) is 0.517. The zero-order valence-corrected chi connectivity index (χ0v) is 10.1. The van der Waals surface area contributed by atoms with Gasteiger partial charge in [0.05, 0.1) is 6.61 Å². The Morgan fingerprint density at radius 1 is 1.61 bits per heavy atom. The van der Waals surface area contributed by atoms with Gasteiger partial charge in [-0.05, 0) is 31.0 Å². The molecule has 2 N–H and O–H groups in total. The topological polar surface area (TPSA) is 58.6 Å². The Balaban J connectivity index is 1.89. The summed E-state index contributed by atoms with van der Waals surface area (Å²) >= 11 is 0. The molecule has 98 valence electrons. The molecule has 5 heteroatoms. The van der Waals surface area contributed by atoms with E-state index in [9.17, 15) is 9.18 Å². The number of ether oxygens (including phenoxy) is 1. The van der Waals surface area contributed by atoms with Crippen LogP contribution in [-0.4, -0.2) is 30.3 Å². The Bertz CT molecular complexity index is 450. The second-order valence-electron chi connectivity index (χ2n) is 4.65. The molecule has 1 aromatic carbocycles. The lowest BCUT2D eigenvalue weighted by Crippen LogP contribution is -2.29. The molecule has 2 atom stereocenters. The fourth-order valence-corrected chi connectivity index (χ4v) is 2.05. The Morgan fingerprint density at radius 2 is 2.39 bits per heavy atom. The van der Waals surface area contributed by atoms with Gasteiger partial charge >= 0.3 is 5.97 Å². The Labute approximate surface area is 105 Å². The van der Waals surface area contributed by atoms with E-state index in [-0.39, 0.29) is 17.5 Å². The van der Waals surface area contributed by atoms with Crippen molar-refractivity contribution in [1.82, 2.24) is 5.32 Å². The third-order valence-electron chi connectivity index (χ3n) is 3.08. The second-order valence-corrected chi connectivity index (χ2v) is 4.65. The third kappa shape index (κ3) is 2.98. The normalized spacial score (nSPS) is 23.0. The number of rotatable bonds is 4. The molecule has 0 amide bonds. The zero-order chi connectivity index (χ0) is 13.1. The highest BCUT2D eigenvalue weighted by atomic mass is 19.1. The summed E-state index contributed by atoms with van der Waals surface area (Å²) in [5.74, 6) is -0.902. The average Bonchev–Trinajstić information content (AvgIpc) is 2.79. The van der Waals surface area contributed by atoms with Crippen molar-refractivity contribution in [2.24, 2.45) is 5.92 Å². The third-order valence-corrected chi connectivity index (χ3v) is 3.08. The first-order valence-corrected chi connectivity index (χ1v) is 5.91. The molecule has 0 aliphatic carbocycles. The number of aryl methyl sites for hydroxylation is 1. The van der Waals surface area contributed by atoms with E-state index in [1.165, 1.54) is 6.07 Å². The van der Waals surface area contributed by atoms with E-state index < -0.39 is 12.0 Å². The van der Waals surface area contributed by atoms with Gasteiger partial charge in [-0.2, -0.15) is 0 Å². The van der Waals surface area contributed by atoms with E-state index in [1.807, 2.05) is 6.92 Å². The molecular weight excluding hydrogens is 237 g/mol. The number of carboxylic acids is 1. The number of carbonyl (C=O) groups is 1. The van der Waals surface area contributed by atoms with E-state index in [2.05, 4.69) is 5.32 Å². The number of halogens is 1. The van der Waals surface area contributed by atoms with Crippen molar-refractivity contribution >= 4 is 5.97 Å². The van der Waals surface area contributed by atoms with Crippen LogP contribution in [0.3, 0.4) is 0 Å². The second kappa shape index (κ2) is 5.35. The highest BCUT2D eigenvalue weighted by Crippen LogP contribution is 2.21. The number of hydrogen-bond acceptors (Lipinski definition) is 3. The van der Waals surface area contributed by atoms with Crippen LogP contribution in [0.5, 0.6) is 5.75 Å². The van der Waals surface area contributed by atoms with Crippen molar-refractivity contribution in [1.29, 1.82) is 0 Å². The van der Waals surface area contributed by atoms with Crippen LogP contribution in [0.2, 0.25) is 0 Å². The maximum atomic E-state index is 13.4. The van der Waals surface area contributed by atoms with Gasteiger partial charge in [0.1, 0.15) is 6.04 Å². The summed E-state index contributed by atoms with van der Waals surface area (Å²) in [6, 6.07) is 4.19. The minimum Gasteiger partial charge on any atom is -0.490 e. The lowest BCUT2D eigenvalue weighted by atomic mass is 10.1. The summed E-state index contributed by atoms with van der Waals surface area (Å²) in [5, 5.41) is 11.7.